The number of benzene rings is 2. The molecule has 0 radical (unpaired) electrons. The van der Waals surface area contributed by atoms with Crippen LogP contribution in [0.3, 0.4) is 0 Å². The number of nitrogens with zero attached hydrogens (tertiary/aromatic N) is 2. The van der Waals surface area contributed by atoms with E-state index in [1.165, 1.54) is 10.9 Å². The summed E-state index contributed by atoms with van der Waals surface area (Å²) in [4.78, 5) is 7.34. The van der Waals surface area contributed by atoms with Gasteiger partial charge >= 0.3 is 0 Å². The summed E-state index contributed by atoms with van der Waals surface area (Å²) >= 11 is 0. The summed E-state index contributed by atoms with van der Waals surface area (Å²) in [7, 11) is 1.74. The average molecular weight is 406 g/mol. The van der Waals surface area contributed by atoms with Gasteiger partial charge in [-0.25, -0.2) is 0 Å². The van der Waals surface area contributed by atoms with Gasteiger partial charge in [-0.2, -0.15) is 0 Å². The minimum absolute atomic E-state index is 0. The van der Waals surface area contributed by atoms with Gasteiger partial charge in [0.2, 0.25) is 0 Å². The predicted molar refractivity (Wildman–Crippen MR) is 115 cm³/mol. The van der Waals surface area contributed by atoms with Crippen LogP contribution >= 0.6 is 24.8 Å². The second-order valence-electron chi connectivity index (χ2n) is 6.43. The van der Waals surface area contributed by atoms with Gasteiger partial charge in [-0.05, 0) is 18.2 Å². The summed E-state index contributed by atoms with van der Waals surface area (Å²) in [6, 6.07) is 21.2. The second kappa shape index (κ2) is 9.90. The number of pyridine rings is 1. The Morgan fingerprint density at radius 3 is 2.67 bits per heavy atom. The van der Waals surface area contributed by atoms with Gasteiger partial charge in [-0.1, -0.05) is 42.5 Å². The SMILES string of the molecule is COc1ccccc1C1CNCCN1Cc1ccc2ccccc2n1.Cl.Cl. The number of hydrogen-bond donors (Lipinski definition) is 1. The Bertz CT molecular complexity index is 875. The average Bonchev–Trinajstić information content (AvgIpc) is 2.68. The number of nitrogens with one attached hydrogen (secondary N) is 1. The Labute approximate surface area is 172 Å². The zero-order chi connectivity index (χ0) is 17.1. The molecule has 1 aliphatic rings. The van der Waals surface area contributed by atoms with Crippen molar-refractivity contribution in [2.75, 3.05) is 26.7 Å². The molecular formula is C21H25Cl2N3O. The van der Waals surface area contributed by atoms with E-state index in [0.717, 1.165) is 43.1 Å². The molecule has 27 heavy (non-hydrogen) atoms. The normalized spacial score (nSPS) is 17.0. The van der Waals surface area contributed by atoms with Crippen molar-refractivity contribution < 1.29 is 4.74 Å². The van der Waals surface area contributed by atoms with E-state index in [4.69, 9.17) is 9.72 Å². The van der Waals surface area contributed by atoms with Crippen LogP contribution in [-0.4, -0.2) is 36.6 Å². The van der Waals surface area contributed by atoms with Crippen LogP contribution in [0.15, 0.2) is 60.7 Å². The molecule has 6 heteroatoms. The molecule has 144 valence electrons. The zero-order valence-corrected chi connectivity index (χ0v) is 16.9. The number of aromatic nitrogens is 1. The Kier molecular flexibility index (Phi) is 7.87. The molecule has 1 aromatic heterocycles. The van der Waals surface area contributed by atoms with E-state index in [2.05, 4.69) is 52.7 Å². The van der Waals surface area contributed by atoms with Crippen LogP contribution in [0.5, 0.6) is 5.75 Å². The topological polar surface area (TPSA) is 37.4 Å². The van der Waals surface area contributed by atoms with E-state index in [1.807, 2.05) is 18.2 Å². The molecule has 0 amide bonds. The van der Waals surface area contributed by atoms with E-state index in [0.29, 0.717) is 0 Å². The number of halogens is 2. The second-order valence-corrected chi connectivity index (χ2v) is 6.43. The minimum atomic E-state index is 0. The van der Waals surface area contributed by atoms with Gasteiger partial charge in [0.05, 0.1) is 24.4 Å². The summed E-state index contributed by atoms with van der Waals surface area (Å²) in [5.41, 5.74) is 3.41. The number of fused-ring (bicyclic) bond motifs is 1. The lowest BCUT2D eigenvalue weighted by Gasteiger charge is -2.36. The molecule has 4 rings (SSSR count). The fourth-order valence-corrected chi connectivity index (χ4v) is 3.59. The number of hydrogen-bond acceptors (Lipinski definition) is 4. The number of ether oxygens (including phenoxy) is 1. The van der Waals surface area contributed by atoms with Gasteiger partial charge in [-0.3, -0.25) is 9.88 Å². The molecule has 1 atom stereocenters. The predicted octanol–water partition coefficient (Wildman–Crippen LogP) is 4.23. The first-order chi connectivity index (χ1) is 12.3. The standard InChI is InChI=1S/C21H23N3O.2ClH/c1-25-21-9-5-3-7-18(21)20-14-22-12-13-24(20)15-17-11-10-16-6-2-4-8-19(16)23-17;;/h2-11,20,22H,12-15H2,1H3;2*1H. The highest BCUT2D eigenvalue weighted by Gasteiger charge is 2.26. The molecule has 2 aromatic carbocycles. The van der Waals surface area contributed by atoms with E-state index >= 15 is 0 Å². The van der Waals surface area contributed by atoms with Crippen molar-refractivity contribution in [2.45, 2.75) is 12.6 Å². The summed E-state index contributed by atoms with van der Waals surface area (Å²) in [6.45, 7) is 3.76. The summed E-state index contributed by atoms with van der Waals surface area (Å²) in [5.74, 6) is 0.952. The minimum Gasteiger partial charge on any atom is -0.496 e. The molecule has 0 saturated carbocycles. The first-order valence-corrected chi connectivity index (χ1v) is 8.77. The maximum atomic E-state index is 5.58. The van der Waals surface area contributed by atoms with E-state index in [9.17, 15) is 0 Å². The third-order valence-corrected chi connectivity index (χ3v) is 4.87. The number of methoxy groups -OCH3 is 1. The smallest absolute Gasteiger partial charge is 0.123 e. The highest BCUT2D eigenvalue weighted by Crippen LogP contribution is 2.31. The fraction of sp³-hybridized carbons (Fsp3) is 0.286. The number of para-hydroxylation sites is 2. The lowest BCUT2D eigenvalue weighted by Crippen LogP contribution is -2.45. The highest BCUT2D eigenvalue weighted by molar-refractivity contribution is 5.85. The van der Waals surface area contributed by atoms with Crippen LogP contribution in [0.1, 0.15) is 17.3 Å². The van der Waals surface area contributed by atoms with Crippen LogP contribution in [0.25, 0.3) is 10.9 Å². The van der Waals surface area contributed by atoms with E-state index in [-0.39, 0.29) is 30.9 Å². The van der Waals surface area contributed by atoms with Gasteiger partial charge in [-0.15, -0.1) is 24.8 Å². The highest BCUT2D eigenvalue weighted by atomic mass is 35.5. The third-order valence-electron chi connectivity index (χ3n) is 4.87. The molecule has 0 aliphatic carbocycles. The molecule has 1 unspecified atom stereocenters. The Balaban J connectivity index is 0.00000131. The van der Waals surface area contributed by atoms with Gasteiger partial charge in [0.25, 0.3) is 0 Å². The lowest BCUT2D eigenvalue weighted by molar-refractivity contribution is 0.149. The molecule has 1 fully saturated rings. The van der Waals surface area contributed by atoms with Gasteiger partial charge in [0.15, 0.2) is 0 Å². The largest absolute Gasteiger partial charge is 0.496 e. The summed E-state index contributed by atoms with van der Waals surface area (Å²) in [5, 5.41) is 4.70. The van der Waals surface area contributed by atoms with Crippen molar-refractivity contribution in [1.82, 2.24) is 15.2 Å². The van der Waals surface area contributed by atoms with E-state index < -0.39 is 0 Å². The Morgan fingerprint density at radius 1 is 1.04 bits per heavy atom. The first kappa shape index (κ1) is 21.5. The van der Waals surface area contributed by atoms with Crippen LogP contribution < -0.4 is 10.1 Å². The number of piperazine rings is 1. The molecule has 3 aromatic rings. The molecule has 4 nitrogen and oxygen atoms in total. The number of rotatable bonds is 4. The maximum absolute atomic E-state index is 5.58. The molecule has 0 spiro atoms. The lowest BCUT2D eigenvalue weighted by atomic mass is 10.0. The van der Waals surface area contributed by atoms with Crippen LogP contribution in [0, 0.1) is 0 Å². The quantitative estimate of drug-likeness (QED) is 0.704. The van der Waals surface area contributed by atoms with Crippen LogP contribution in [-0.2, 0) is 6.54 Å². The Hall–Kier alpha value is -1.85. The van der Waals surface area contributed by atoms with Crippen molar-refractivity contribution in [2.24, 2.45) is 0 Å². The first-order valence-electron chi connectivity index (χ1n) is 8.77. The Morgan fingerprint density at radius 2 is 1.81 bits per heavy atom. The van der Waals surface area contributed by atoms with Crippen molar-refractivity contribution in [3.8, 4) is 5.75 Å². The molecular weight excluding hydrogens is 381 g/mol. The van der Waals surface area contributed by atoms with Crippen molar-refractivity contribution in [3.63, 3.8) is 0 Å². The van der Waals surface area contributed by atoms with Crippen molar-refractivity contribution in [1.29, 1.82) is 0 Å². The summed E-state index contributed by atoms with van der Waals surface area (Å²) < 4.78 is 5.58. The molecule has 1 N–H and O–H groups in total. The third kappa shape index (κ3) is 4.71. The van der Waals surface area contributed by atoms with Crippen LogP contribution in [0.2, 0.25) is 0 Å². The maximum Gasteiger partial charge on any atom is 0.123 e. The van der Waals surface area contributed by atoms with Gasteiger partial charge in [0.1, 0.15) is 5.75 Å². The van der Waals surface area contributed by atoms with Crippen molar-refractivity contribution >= 4 is 35.7 Å². The molecule has 1 saturated heterocycles. The molecule has 0 bridgehead atoms. The molecule has 1 aliphatic heterocycles. The van der Waals surface area contributed by atoms with Gasteiger partial charge < -0.3 is 10.1 Å². The fourth-order valence-electron chi connectivity index (χ4n) is 3.59. The monoisotopic (exact) mass is 405 g/mol. The van der Waals surface area contributed by atoms with E-state index in [1.54, 1.807) is 7.11 Å². The van der Waals surface area contributed by atoms with Gasteiger partial charge in [0, 0.05) is 37.1 Å². The molecule has 2 heterocycles. The summed E-state index contributed by atoms with van der Waals surface area (Å²) in [6.07, 6.45) is 0. The zero-order valence-electron chi connectivity index (χ0n) is 15.3. The van der Waals surface area contributed by atoms with Crippen molar-refractivity contribution in [3.05, 3.63) is 71.9 Å². The van der Waals surface area contributed by atoms with Crippen LogP contribution in [0.4, 0.5) is 0 Å².